The minimum Gasteiger partial charge on any atom is -0.462 e. The summed E-state index contributed by atoms with van der Waals surface area (Å²) in [7, 11) is -4.75. The monoisotopic (exact) mass is 1000 g/mol. The number of carbonyl (C=O) groups excluding carboxylic acids is 3. The van der Waals surface area contributed by atoms with Gasteiger partial charge in [-0.25, -0.2) is 4.57 Å². The zero-order valence-corrected chi connectivity index (χ0v) is 45.4. The highest BCUT2D eigenvalue weighted by Gasteiger charge is 2.28. The van der Waals surface area contributed by atoms with Crippen LogP contribution in [-0.4, -0.2) is 66.5 Å². The molecule has 0 saturated carbocycles. The van der Waals surface area contributed by atoms with Gasteiger partial charge in [-0.3, -0.25) is 23.4 Å². The Bertz CT molecular complexity index is 1450. The van der Waals surface area contributed by atoms with Crippen molar-refractivity contribution in [3.63, 3.8) is 0 Å². The van der Waals surface area contributed by atoms with Crippen LogP contribution >= 0.6 is 7.82 Å². The summed E-state index contributed by atoms with van der Waals surface area (Å²) in [6.45, 7) is 4.44. The number of ether oxygens (including phenoxy) is 3. The number of phosphoric acid groups is 1. The number of aliphatic hydroxyl groups is 1. The molecule has 0 saturated heterocycles. The van der Waals surface area contributed by atoms with Crippen LogP contribution in [0.5, 0.6) is 0 Å². The summed E-state index contributed by atoms with van der Waals surface area (Å²) in [5.41, 5.74) is 0. The summed E-state index contributed by atoms with van der Waals surface area (Å²) in [6, 6.07) is 0. The second-order valence-corrected chi connectivity index (χ2v) is 19.8. The van der Waals surface area contributed by atoms with Gasteiger partial charge in [-0.2, -0.15) is 0 Å². The average Bonchev–Trinajstić information content (AvgIpc) is 3.35. The quantitative estimate of drug-likeness (QED) is 0.0197. The van der Waals surface area contributed by atoms with Gasteiger partial charge in [0.25, 0.3) is 0 Å². The standard InChI is InChI=1S/C58H101O11P/c1-4-7-10-13-16-19-22-24-25-26-27-28-29-31-33-35-38-41-44-47-56(60)65-51-55(69-58(62)49-46-43-40-37-34-30-23-20-17-14-11-8-5-2)53-67-70(63,64)66-52-54(50-59)68-57(61)48-45-42-39-36-32-21-18-15-12-9-6-3/h7,10,15-16,18-20,23-25,27-28,54-55,59H,4-6,8-9,11-14,17,21-22,26,29-53H2,1-3H3,(H,63,64)/b10-7-,18-15-,19-16-,23-20-,25-24-,28-27-. The summed E-state index contributed by atoms with van der Waals surface area (Å²) in [5, 5.41) is 9.78. The van der Waals surface area contributed by atoms with Crippen LogP contribution in [0.2, 0.25) is 0 Å². The van der Waals surface area contributed by atoms with Crippen LogP contribution in [0.4, 0.5) is 0 Å². The lowest BCUT2D eigenvalue weighted by Crippen LogP contribution is -2.30. The molecule has 0 aromatic rings. The van der Waals surface area contributed by atoms with Crippen molar-refractivity contribution < 1.29 is 52.2 Å². The molecule has 2 N–H and O–H groups in total. The molecule has 0 fully saturated rings. The number of hydrogen-bond donors (Lipinski definition) is 2. The topological polar surface area (TPSA) is 155 Å². The molecule has 0 rings (SSSR count). The lowest BCUT2D eigenvalue weighted by molar-refractivity contribution is -0.161. The maximum absolute atomic E-state index is 12.9. The van der Waals surface area contributed by atoms with Crippen molar-refractivity contribution in [3.05, 3.63) is 72.9 Å². The highest BCUT2D eigenvalue weighted by atomic mass is 31.2. The molecule has 70 heavy (non-hydrogen) atoms. The van der Waals surface area contributed by atoms with Crippen molar-refractivity contribution in [3.8, 4) is 0 Å². The Hall–Kier alpha value is -3.08. The summed E-state index contributed by atoms with van der Waals surface area (Å²) in [5.74, 6) is -1.50. The number of allylic oxidation sites excluding steroid dienone is 12. The molecule has 0 aliphatic rings. The molecule has 0 aromatic carbocycles. The number of rotatable bonds is 51. The minimum absolute atomic E-state index is 0.152. The number of unbranched alkanes of at least 4 members (excludes halogenated alkanes) is 22. The summed E-state index contributed by atoms with van der Waals surface area (Å²) in [6.07, 6.45) is 57.2. The molecule has 0 amide bonds. The fraction of sp³-hybridized carbons (Fsp3) is 0.741. The van der Waals surface area contributed by atoms with Crippen molar-refractivity contribution in [2.75, 3.05) is 26.4 Å². The first-order valence-corrected chi connectivity index (χ1v) is 29.3. The molecule has 0 spiro atoms. The van der Waals surface area contributed by atoms with Crippen LogP contribution < -0.4 is 0 Å². The van der Waals surface area contributed by atoms with Gasteiger partial charge in [-0.05, 0) is 103 Å². The highest BCUT2D eigenvalue weighted by molar-refractivity contribution is 7.47. The molecule has 11 nitrogen and oxygen atoms in total. The van der Waals surface area contributed by atoms with E-state index >= 15 is 0 Å². The first-order valence-electron chi connectivity index (χ1n) is 27.8. The van der Waals surface area contributed by atoms with Gasteiger partial charge >= 0.3 is 25.7 Å². The minimum atomic E-state index is -4.75. The van der Waals surface area contributed by atoms with Crippen molar-refractivity contribution in [1.82, 2.24) is 0 Å². The molecule has 0 aromatic heterocycles. The fourth-order valence-corrected chi connectivity index (χ4v) is 8.11. The number of hydrogen-bond acceptors (Lipinski definition) is 10. The molecule has 12 heteroatoms. The Morgan fingerprint density at radius 3 is 1.20 bits per heavy atom. The van der Waals surface area contributed by atoms with Crippen molar-refractivity contribution in [2.45, 2.75) is 251 Å². The summed E-state index contributed by atoms with van der Waals surface area (Å²) < 4.78 is 39.4. The second-order valence-electron chi connectivity index (χ2n) is 18.4. The molecule has 3 atom stereocenters. The van der Waals surface area contributed by atoms with E-state index in [1.165, 1.54) is 38.5 Å². The number of phosphoric ester groups is 1. The Labute approximate surface area is 427 Å². The van der Waals surface area contributed by atoms with E-state index in [1.54, 1.807) is 0 Å². The van der Waals surface area contributed by atoms with Gasteiger partial charge in [-0.15, -0.1) is 0 Å². The second kappa shape index (κ2) is 52.2. The lowest BCUT2D eigenvalue weighted by Gasteiger charge is -2.21. The Morgan fingerprint density at radius 2 is 0.757 bits per heavy atom. The zero-order chi connectivity index (χ0) is 51.3. The van der Waals surface area contributed by atoms with E-state index in [2.05, 4.69) is 93.7 Å². The van der Waals surface area contributed by atoms with E-state index in [0.29, 0.717) is 19.3 Å². The van der Waals surface area contributed by atoms with Gasteiger partial charge in [0.1, 0.15) is 12.7 Å². The first kappa shape index (κ1) is 66.9. The van der Waals surface area contributed by atoms with Gasteiger partial charge in [0.2, 0.25) is 0 Å². The van der Waals surface area contributed by atoms with Gasteiger partial charge in [0.05, 0.1) is 19.8 Å². The summed E-state index contributed by atoms with van der Waals surface area (Å²) >= 11 is 0. The molecular formula is C58H101O11P. The van der Waals surface area contributed by atoms with Crippen LogP contribution in [0.15, 0.2) is 72.9 Å². The van der Waals surface area contributed by atoms with Crippen LogP contribution in [-0.2, 0) is 42.2 Å². The molecular weight excluding hydrogens is 904 g/mol. The third-order valence-electron chi connectivity index (χ3n) is 11.6. The first-order chi connectivity index (χ1) is 34.2. The maximum atomic E-state index is 12.9. The molecule has 0 radical (unpaired) electrons. The molecule has 0 aliphatic carbocycles. The third-order valence-corrected chi connectivity index (χ3v) is 12.5. The summed E-state index contributed by atoms with van der Waals surface area (Å²) in [4.78, 5) is 48.4. The average molecular weight is 1010 g/mol. The van der Waals surface area contributed by atoms with Crippen molar-refractivity contribution >= 4 is 25.7 Å². The third kappa shape index (κ3) is 49.9. The smallest absolute Gasteiger partial charge is 0.462 e. The van der Waals surface area contributed by atoms with E-state index in [0.717, 1.165) is 141 Å². The largest absolute Gasteiger partial charge is 0.472 e. The number of esters is 3. The van der Waals surface area contributed by atoms with E-state index in [9.17, 15) is 28.9 Å². The Balaban J connectivity index is 4.75. The van der Waals surface area contributed by atoms with E-state index in [-0.39, 0.29) is 25.9 Å². The van der Waals surface area contributed by atoms with Crippen LogP contribution in [0.3, 0.4) is 0 Å². The number of aliphatic hydroxyl groups excluding tert-OH is 1. The number of carbonyl (C=O) groups is 3. The molecule has 0 aliphatic heterocycles. The maximum Gasteiger partial charge on any atom is 0.472 e. The molecule has 3 unspecified atom stereocenters. The van der Waals surface area contributed by atoms with Gasteiger partial charge in [0, 0.05) is 19.3 Å². The van der Waals surface area contributed by atoms with E-state index < -0.39 is 57.8 Å². The molecule has 0 bridgehead atoms. The fourth-order valence-electron chi connectivity index (χ4n) is 7.32. The predicted molar refractivity (Wildman–Crippen MR) is 288 cm³/mol. The van der Waals surface area contributed by atoms with Crippen molar-refractivity contribution in [1.29, 1.82) is 0 Å². The van der Waals surface area contributed by atoms with Crippen LogP contribution in [0, 0.1) is 0 Å². The molecule has 404 valence electrons. The van der Waals surface area contributed by atoms with Crippen molar-refractivity contribution in [2.24, 2.45) is 0 Å². The SMILES string of the molecule is CC/C=C\C/C=C\C/C=C\C/C=C\CCCCCCCCC(=O)OCC(COP(=O)(O)OCC(CO)OC(=O)CCCCCCC/C=C\CCCC)OC(=O)CCCCCCC/C=C\CCCCCC. The normalized spacial score (nSPS) is 14.0. The van der Waals surface area contributed by atoms with Gasteiger partial charge in [0.15, 0.2) is 6.10 Å². The highest BCUT2D eigenvalue weighted by Crippen LogP contribution is 2.43. The van der Waals surface area contributed by atoms with E-state index in [4.69, 9.17) is 23.3 Å². The molecule has 0 heterocycles. The van der Waals surface area contributed by atoms with Gasteiger partial charge in [-0.1, -0.05) is 190 Å². The van der Waals surface area contributed by atoms with Crippen LogP contribution in [0.1, 0.15) is 239 Å². The predicted octanol–water partition coefficient (Wildman–Crippen LogP) is 16.1. The van der Waals surface area contributed by atoms with Crippen LogP contribution in [0.25, 0.3) is 0 Å². The van der Waals surface area contributed by atoms with Gasteiger partial charge < -0.3 is 24.2 Å². The van der Waals surface area contributed by atoms with E-state index in [1.807, 2.05) is 0 Å². The Morgan fingerprint density at radius 1 is 0.414 bits per heavy atom. The lowest BCUT2D eigenvalue weighted by atomic mass is 10.1. The Kier molecular flexibility index (Phi) is 50.0. The zero-order valence-electron chi connectivity index (χ0n) is 44.5.